The number of aliphatic carboxylic acids is 1. The molecule has 0 spiro atoms. The maximum Gasteiger partial charge on any atom is 0.472 e. The Labute approximate surface area is 376 Å². The average Bonchev–Trinajstić information content (AvgIpc) is 3.25. The number of amides is 1. The van der Waals surface area contributed by atoms with Gasteiger partial charge in [0.25, 0.3) is 0 Å². The molecule has 356 valence electrons. The maximum atomic E-state index is 12.3. The number of carbonyl (C=O) groups excluding carboxylic acids is 2. The summed E-state index contributed by atoms with van der Waals surface area (Å²) in [5.74, 6) is -2.41. The van der Waals surface area contributed by atoms with Gasteiger partial charge in [0, 0.05) is 12.8 Å². The molecule has 0 aliphatic carbocycles. The van der Waals surface area contributed by atoms with E-state index in [1.807, 2.05) is 0 Å². The lowest BCUT2D eigenvalue weighted by Crippen LogP contribution is -2.43. The fourth-order valence-corrected chi connectivity index (χ4v) is 7.05. The second-order valence-electron chi connectivity index (χ2n) is 15.9. The van der Waals surface area contributed by atoms with Gasteiger partial charge >= 0.3 is 19.8 Å². The summed E-state index contributed by atoms with van der Waals surface area (Å²) in [5, 5.41) is 21.9. The van der Waals surface area contributed by atoms with E-state index in [9.17, 15) is 34.1 Å². The lowest BCUT2D eigenvalue weighted by Gasteiger charge is -2.18. The van der Waals surface area contributed by atoms with Gasteiger partial charge in [-0.15, -0.1) is 0 Å². The van der Waals surface area contributed by atoms with Crippen LogP contribution in [-0.4, -0.2) is 64.9 Å². The first kappa shape index (κ1) is 58.9. The average molecular weight is 892 g/mol. The van der Waals surface area contributed by atoms with Gasteiger partial charge in [-0.25, -0.2) is 9.36 Å². The van der Waals surface area contributed by atoms with Crippen LogP contribution in [0.3, 0.4) is 0 Å². The molecule has 11 nitrogen and oxygen atoms in total. The fourth-order valence-electron chi connectivity index (χ4n) is 6.28. The van der Waals surface area contributed by atoms with E-state index in [1.54, 1.807) is 0 Å². The number of esters is 1. The second-order valence-corrected chi connectivity index (χ2v) is 17.4. The Hall–Kier alpha value is -3.08. The largest absolute Gasteiger partial charge is 0.480 e. The van der Waals surface area contributed by atoms with Crippen molar-refractivity contribution in [2.45, 2.75) is 206 Å². The molecule has 3 unspecified atom stereocenters. The predicted molar refractivity (Wildman–Crippen MR) is 254 cm³/mol. The Balaban J connectivity index is 3.92. The third kappa shape index (κ3) is 43.6. The van der Waals surface area contributed by atoms with Gasteiger partial charge in [0.15, 0.2) is 6.04 Å². The van der Waals surface area contributed by atoms with Crippen molar-refractivity contribution in [1.82, 2.24) is 5.32 Å². The molecule has 12 heteroatoms. The lowest BCUT2D eigenvalue weighted by molar-refractivity contribution is -0.147. The van der Waals surface area contributed by atoms with Gasteiger partial charge in [-0.2, -0.15) is 0 Å². The van der Waals surface area contributed by atoms with E-state index in [0.29, 0.717) is 12.8 Å². The Morgan fingerprint density at radius 1 is 0.532 bits per heavy atom. The molecular weight excluding hydrogens is 806 g/mol. The minimum absolute atomic E-state index is 0.119. The molecule has 0 rings (SSSR count). The number of hydrogen-bond acceptors (Lipinski definition) is 8. The van der Waals surface area contributed by atoms with E-state index >= 15 is 0 Å². The van der Waals surface area contributed by atoms with E-state index in [0.717, 1.165) is 89.9 Å². The minimum Gasteiger partial charge on any atom is -0.480 e. The number of unbranched alkanes of at least 4 members (excludes halogenated alkanes) is 18. The van der Waals surface area contributed by atoms with Crippen molar-refractivity contribution in [3.05, 3.63) is 72.9 Å². The zero-order chi connectivity index (χ0) is 45.6. The summed E-state index contributed by atoms with van der Waals surface area (Å²) in [6, 6.07) is -1.56. The molecule has 0 radical (unpaired) electrons. The minimum atomic E-state index is -4.77. The summed E-state index contributed by atoms with van der Waals surface area (Å²) in [6.45, 7) is 2.46. The summed E-state index contributed by atoms with van der Waals surface area (Å²) in [7, 11) is -4.77. The number of nitrogens with one attached hydrogen (secondary N) is 1. The lowest BCUT2D eigenvalue weighted by atomic mass is 10.1. The van der Waals surface area contributed by atoms with E-state index in [2.05, 4.69) is 92.1 Å². The van der Waals surface area contributed by atoms with Crippen LogP contribution in [-0.2, 0) is 32.7 Å². The van der Waals surface area contributed by atoms with Gasteiger partial charge < -0.3 is 25.2 Å². The summed E-state index contributed by atoms with van der Waals surface area (Å²) < 4.78 is 26.9. The first-order valence-electron chi connectivity index (χ1n) is 24.0. The highest BCUT2D eigenvalue weighted by molar-refractivity contribution is 7.47. The van der Waals surface area contributed by atoms with Crippen molar-refractivity contribution in [3.63, 3.8) is 0 Å². The molecule has 3 atom stereocenters. The SMILES string of the molecule is CC/C=C\C/C=C\C/C=C\C/C=C\C/C=C\CCCCCCCC(=O)NC(COP(=O)(O)OCC(O)COC(=O)CCCCCCCCC/C=C\CCCCCCCC)C(=O)O. The van der Waals surface area contributed by atoms with Crippen LogP contribution < -0.4 is 5.32 Å². The van der Waals surface area contributed by atoms with E-state index in [4.69, 9.17) is 13.8 Å². The highest BCUT2D eigenvalue weighted by Gasteiger charge is 2.28. The normalized spacial score (nSPS) is 14.3. The van der Waals surface area contributed by atoms with Crippen LogP contribution in [0.1, 0.15) is 194 Å². The Morgan fingerprint density at radius 2 is 0.935 bits per heavy atom. The van der Waals surface area contributed by atoms with Gasteiger partial charge in [0.1, 0.15) is 12.7 Å². The fraction of sp³-hybridized carbons (Fsp3) is 0.700. The number of carbonyl (C=O) groups is 3. The molecule has 0 heterocycles. The summed E-state index contributed by atoms with van der Waals surface area (Å²) in [4.78, 5) is 46.0. The molecule has 0 fully saturated rings. The quantitative estimate of drug-likeness (QED) is 0.0200. The third-order valence-electron chi connectivity index (χ3n) is 9.98. The van der Waals surface area contributed by atoms with E-state index in [-0.39, 0.29) is 12.8 Å². The molecule has 4 N–H and O–H groups in total. The number of hydrogen-bond donors (Lipinski definition) is 4. The molecule has 0 bridgehead atoms. The number of phosphoric ester groups is 1. The first-order chi connectivity index (χ1) is 30.1. The highest BCUT2D eigenvalue weighted by atomic mass is 31.2. The predicted octanol–water partition coefficient (Wildman–Crippen LogP) is 12.9. The van der Waals surface area contributed by atoms with Crippen LogP contribution in [0.5, 0.6) is 0 Å². The number of carboxylic acids is 1. The van der Waals surface area contributed by atoms with Crippen molar-refractivity contribution < 1.29 is 47.8 Å². The number of ether oxygens (including phenoxy) is 1. The molecule has 0 saturated heterocycles. The van der Waals surface area contributed by atoms with Gasteiger partial charge in [-0.1, -0.05) is 170 Å². The molecule has 0 aliphatic heterocycles. The smallest absolute Gasteiger partial charge is 0.472 e. The van der Waals surface area contributed by atoms with Crippen molar-refractivity contribution in [2.75, 3.05) is 19.8 Å². The second kappa shape index (κ2) is 44.5. The summed E-state index contributed by atoms with van der Waals surface area (Å²) in [5.41, 5.74) is 0. The molecule has 0 aliphatic rings. The number of allylic oxidation sites excluding steroid dienone is 12. The zero-order valence-electron chi connectivity index (χ0n) is 38.6. The number of phosphoric acid groups is 1. The van der Waals surface area contributed by atoms with Gasteiger partial charge in [0.05, 0.1) is 13.2 Å². The van der Waals surface area contributed by atoms with Crippen LogP contribution in [0.15, 0.2) is 72.9 Å². The van der Waals surface area contributed by atoms with Crippen molar-refractivity contribution in [1.29, 1.82) is 0 Å². The molecule has 0 aromatic rings. The van der Waals surface area contributed by atoms with Crippen LogP contribution in [0.2, 0.25) is 0 Å². The molecule has 0 aromatic heterocycles. The van der Waals surface area contributed by atoms with Gasteiger partial charge in [0.2, 0.25) is 5.91 Å². The molecule has 0 saturated carbocycles. The highest BCUT2D eigenvalue weighted by Crippen LogP contribution is 2.43. The number of carboxylic acid groups (broad SMARTS) is 1. The Kier molecular flexibility index (Phi) is 42.3. The summed E-state index contributed by atoms with van der Waals surface area (Å²) >= 11 is 0. The molecule has 1 amide bonds. The molecule has 62 heavy (non-hydrogen) atoms. The van der Waals surface area contributed by atoms with Crippen molar-refractivity contribution in [2.24, 2.45) is 0 Å². The standard InChI is InChI=1S/C50H86NO10P/c1-3-5-7-9-11-13-15-17-19-21-22-23-24-26-27-29-31-33-35-37-39-41-48(53)51-47(50(55)56)45-61-62(57,58)60-44-46(52)43-59-49(54)42-40-38-36-34-32-30-28-25-20-18-16-14-12-10-8-6-4-2/h5,7,11,13,17-20,22-23,26-27,46-47,52H,3-4,6,8-10,12,14-16,21,24-25,28-45H2,1-2H3,(H,51,53)(H,55,56)(H,57,58)/b7-5-,13-11-,19-17-,20-18-,23-22-,27-26-. The van der Waals surface area contributed by atoms with Gasteiger partial charge in [-0.05, 0) is 83.5 Å². The third-order valence-corrected chi connectivity index (χ3v) is 10.9. The number of aliphatic hydroxyl groups is 1. The van der Waals surface area contributed by atoms with E-state index < -0.39 is 57.6 Å². The first-order valence-corrected chi connectivity index (χ1v) is 25.5. The maximum absolute atomic E-state index is 12.3. The van der Waals surface area contributed by atoms with Crippen LogP contribution >= 0.6 is 7.82 Å². The molecule has 0 aromatic carbocycles. The molecular formula is C50H86NO10P. The Morgan fingerprint density at radius 3 is 1.42 bits per heavy atom. The summed E-state index contributed by atoms with van der Waals surface area (Å²) in [6.07, 6.45) is 53.4. The van der Waals surface area contributed by atoms with E-state index in [1.165, 1.54) is 64.2 Å². The monoisotopic (exact) mass is 892 g/mol. The number of aliphatic hydroxyl groups excluding tert-OH is 1. The van der Waals surface area contributed by atoms with Crippen molar-refractivity contribution >= 4 is 25.7 Å². The van der Waals surface area contributed by atoms with Gasteiger partial charge in [-0.3, -0.25) is 18.6 Å². The Bertz CT molecular complexity index is 1320. The zero-order valence-corrected chi connectivity index (χ0v) is 39.5. The number of rotatable bonds is 44. The van der Waals surface area contributed by atoms with Crippen molar-refractivity contribution in [3.8, 4) is 0 Å². The topological polar surface area (TPSA) is 169 Å². The van der Waals surface area contributed by atoms with Crippen LogP contribution in [0, 0.1) is 0 Å². The van der Waals surface area contributed by atoms with Crippen LogP contribution in [0.25, 0.3) is 0 Å². The van der Waals surface area contributed by atoms with Crippen LogP contribution in [0.4, 0.5) is 0 Å².